The smallest absolute Gasteiger partial charge is 0.191 e. The number of ketones is 1. The van der Waals surface area contributed by atoms with Gasteiger partial charge in [0.1, 0.15) is 6.10 Å². The Morgan fingerprint density at radius 2 is 1.81 bits per heavy atom. The molecule has 0 radical (unpaired) electrons. The second-order valence-electron chi connectivity index (χ2n) is 4.76. The van der Waals surface area contributed by atoms with Crippen molar-refractivity contribution in [3.63, 3.8) is 0 Å². The molecule has 0 bridgehead atoms. The molecule has 0 aliphatic heterocycles. The molecule has 0 fully saturated rings. The van der Waals surface area contributed by atoms with E-state index in [1.54, 1.807) is 32.9 Å². The van der Waals surface area contributed by atoms with Crippen molar-refractivity contribution in [1.29, 1.82) is 0 Å². The number of aliphatic hydroxyl groups excluding tert-OH is 1. The summed E-state index contributed by atoms with van der Waals surface area (Å²) in [5, 5.41) is 10.5. The number of halogens is 2. The first-order chi connectivity index (χ1) is 7.23. The number of aliphatic hydroxyl groups is 1. The Labute approximate surface area is 105 Å². The monoisotopic (exact) mass is 260 g/mol. The predicted octanol–water partition coefficient (Wildman–Crippen LogP) is 3.58. The van der Waals surface area contributed by atoms with E-state index in [-0.39, 0.29) is 5.78 Å². The molecule has 16 heavy (non-hydrogen) atoms. The second kappa shape index (κ2) is 4.74. The minimum Gasteiger partial charge on any atom is -0.384 e. The molecule has 0 aliphatic carbocycles. The number of Topliss-reactive ketones (excluding diaryl/α,β-unsaturated/α-hetero) is 1. The van der Waals surface area contributed by atoms with Gasteiger partial charge in [0.05, 0.1) is 10.0 Å². The maximum atomic E-state index is 11.9. The fraction of sp³-hybridized carbons (Fsp3) is 0.417. The lowest BCUT2D eigenvalue weighted by Gasteiger charge is -2.24. The Morgan fingerprint density at radius 1 is 1.25 bits per heavy atom. The van der Waals surface area contributed by atoms with E-state index in [9.17, 15) is 9.90 Å². The molecule has 2 nitrogen and oxygen atoms in total. The van der Waals surface area contributed by atoms with Crippen molar-refractivity contribution in [2.24, 2.45) is 5.41 Å². The minimum absolute atomic E-state index is 0.314. The van der Waals surface area contributed by atoms with Gasteiger partial charge < -0.3 is 5.11 Å². The van der Waals surface area contributed by atoms with Gasteiger partial charge in [-0.05, 0) is 23.6 Å². The molecule has 88 valence electrons. The number of benzene rings is 1. The second-order valence-corrected chi connectivity index (χ2v) is 5.58. The normalized spacial score (nSPS) is 13.6. The van der Waals surface area contributed by atoms with E-state index in [2.05, 4.69) is 0 Å². The third kappa shape index (κ3) is 2.97. The van der Waals surface area contributed by atoms with Crippen LogP contribution in [0.3, 0.4) is 0 Å². The molecule has 1 aromatic rings. The molecule has 1 atom stereocenters. The first kappa shape index (κ1) is 13.5. The molecule has 0 heterocycles. The van der Waals surface area contributed by atoms with Gasteiger partial charge in [-0.2, -0.15) is 0 Å². The average molecular weight is 261 g/mol. The van der Waals surface area contributed by atoms with Gasteiger partial charge in [0.15, 0.2) is 5.78 Å². The van der Waals surface area contributed by atoms with Crippen molar-refractivity contribution in [1.82, 2.24) is 0 Å². The third-order valence-electron chi connectivity index (χ3n) is 2.27. The largest absolute Gasteiger partial charge is 0.384 e. The van der Waals surface area contributed by atoms with Gasteiger partial charge in [-0.15, -0.1) is 0 Å². The molecule has 1 unspecified atom stereocenters. The van der Waals surface area contributed by atoms with Gasteiger partial charge in [0.2, 0.25) is 0 Å². The number of carbonyl (C=O) groups is 1. The Bertz CT molecular complexity index is 408. The highest BCUT2D eigenvalue weighted by atomic mass is 35.5. The van der Waals surface area contributed by atoms with Gasteiger partial charge in [-0.1, -0.05) is 44.0 Å². The molecule has 4 heteroatoms. The summed E-state index contributed by atoms with van der Waals surface area (Å²) in [7, 11) is 0. The van der Waals surface area contributed by atoms with Gasteiger partial charge >= 0.3 is 0 Å². The van der Waals surface area contributed by atoms with Crippen LogP contribution in [0.4, 0.5) is 0 Å². The standard InChI is InChI=1S/C12H14Cl2O2/c1-12(2,3)11(16)10(15)7-4-5-8(13)9(14)6-7/h4-6,11,16H,1-3H3. The number of hydrogen-bond acceptors (Lipinski definition) is 2. The first-order valence-corrected chi connectivity index (χ1v) is 5.66. The van der Waals surface area contributed by atoms with Crippen LogP contribution in [0.1, 0.15) is 31.1 Å². The molecular weight excluding hydrogens is 247 g/mol. The maximum absolute atomic E-state index is 11.9. The molecule has 0 amide bonds. The van der Waals surface area contributed by atoms with E-state index >= 15 is 0 Å². The summed E-state index contributed by atoms with van der Waals surface area (Å²) in [6.45, 7) is 5.40. The highest BCUT2D eigenvalue weighted by molar-refractivity contribution is 6.42. The van der Waals surface area contributed by atoms with Crippen LogP contribution in [-0.4, -0.2) is 17.0 Å². The van der Waals surface area contributed by atoms with Crippen molar-refractivity contribution in [3.8, 4) is 0 Å². The summed E-state index contributed by atoms with van der Waals surface area (Å²) in [5.74, 6) is -0.342. The lowest BCUT2D eigenvalue weighted by Crippen LogP contribution is -2.34. The van der Waals surface area contributed by atoms with Gasteiger partial charge in [-0.3, -0.25) is 4.79 Å². The fourth-order valence-electron chi connectivity index (χ4n) is 1.20. The quantitative estimate of drug-likeness (QED) is 0.826. The fourth-order valence-corrected chi connectivity index (χ4v) is 1.50. The van der Waals surface area contributed by atoms with Crippen molar-refractivity contribution in [2.45, 2.75) is 26.9 Å². The Balaban J connectivity index is 3.02. The molecule has 0 saturated heterocycles. The molecule has 0 aromatic heterocycles. The zero-order valence-electron chi connectivity index (χ0n) is 9.42. The average Bonchev–Trinajstić information content (AvgIpc) is 2.18. The lowest BCUT2D eigenvalue weighted by atomic mass is 9.84. The molecule has 1 rings (SSSR count). The lowest BCUT2D eigenvalue weighted by molar-refractivity contribution is 0.0443. The summed E-state index contributed by atoms with van der Waals surface area (Å²) in [6.07, 6.45) is -1.05. The Morgan fingerprint density at radius 3 is 2.25 bits per heavy atom. The van der Waals surface area contributed by atoms with E-state index in [0.29, 0.717) is 15.6 Å². The van der Waals surface area contributed by atoms with Gasteiger partial charge in [0.25, 0.3) is 0 Å². The van der Waals surface area contributed by atoms with Crippen molar-refractivity contribution in [3.05, 3.63) is 33.8 Å². The summed E-state index contributed by atoms with van der Waals surface area (Å²) in [5.41, 5.74) is -0.125. The van der Waals surface area contributed by atoms with Crippen LogP contribution in [0, 0.1) is 5.41 Å². The molecule has 0 saturated carbocycles. The zero-order chi connectivity index (χ0) is 12.5. The Kier molecular flexibility index (Phi) is 4.00. The maximum Gasteiger partial charge on any atom is 0.191 e. The van der Waals surface area contributed by atoms with Crippen molar-refractivity contribution < 1.29 is 9.90 Å². The van der Waals surface area contributed by atoms with Crippen LogP contribution < -0.4 is 0 Å². The van der Waals surface area contributed by atoms with Crippen LogP contribution in [0.15, 0.2) is 18.2 Å². The van der Waals surface area contributed by atoms with Gasteiger partial charge in [-0.25, -0.2) is 0 Å². The van der Waals surface area contributed by atoms with E-state index < -0.39 is 11.5 Å². The highest BCUT2D eigenvalue weighted by Crippen LogP contribution is 2.26. The van der Waals surface area contributed by atoms with E-state index in [0.717, 1.165) is 0 Å². The van der Waals surface area contributed by atoms with Gasteiger partial charge in [0, 0.05) is 5.56 Å². The van der Waals surface area contributed by atoms with Crippen molar-refractivity contribution >= 4 is 29.0 Å². The van der Waals surface area contributed by atoms with Crippen LogP contribution in [0.2, 0.25) is 10.0 Å². The molecule has 1 aromatic carbocycles. The van der Waals surface area contributed by atoms with Crippen LogP contribution in [0.5, 0.6) is 0 Å². The van der Waals surface area contributed by atoms with Crippen molar-refractivity contribution in [2.75, 3.05) is 0 Å². The topological polar surface area (TPSA) is 37.3 Å². The summed E-state index contributed by atoms with van der Waals surface area (Å²) in [6, 6.07) is 4.58. The summed E-state index contributed by atoms with van der Waals surface area (Å²) >= 11 is 11.6. The van der Waals surface area contributed by atoms with E-state index in [4.69, 9.17) is 23.2 Å². The molecular formula is C12H14Cl2O2. The molecule has 0 aliphatic rings. The summed E-state index contributed by atoms with van der Waals surface area (Å²) in [4.78, 5) is 11.9. The minimum atomic E-state index is -1.05. The number of hydrogen-bond donors (Lipinski definition) is 1. The molecule has 0 spiro atoms. The third-order valence-corrected chi connectivity index (χ3v) is 3.01. The number of carbonyl (C=O) groups excluding carboxylic acids is 1. The SMILES string of the molecule is CC(C)(C)C(O)C(=O)c1ccc(Cl)c(Cl)c1. The zero-order valence-corrected chi connectivity index (χ0v) is 10.9. The van der Waals surface area contributed by atoms with Crippen LogP contribution >= 0.6 is 23.2 Å². The predicted molar refractivity (Wildman–Crippen MR) is 66.3 cm³/mol. The Hall–Kier alpha value is -0.570. The van der Waals surface area contributed by atoms with Crippen LogP contribution in [0.25, 0.3) is 0 Å². The van der Waals surface area contributed by atoms with E-state index in [1.165, 1.54) is 6.07 Å². The summed E-state index contributed by atoms with van der Waals surface area (Å²) < 4.78 is 0. The molecule has 1 N–H and O–H groups in total. The highest BCUT2D eigenvalue weighted by Gasteiger charge is 2.29. The number of rotatable bonds is 2. The van der Waals surface area contributed by atoms with Crippen LogP contribution in [-0.2, 0) is 0 Å². The first-order valence-electron chi connectivity index (χ1n) is 4.91. The van der Waals surface area contributed by atoms with E-state index in [1.807, 2.05) is 0 Å².